The molecule has 0 spiro atoms. The van der Waals surface area contributed by atoms with Crippen LogP contribution in [0.3, 0.4) is 0 Å². The Labute approximate surface area is 114 Å². The summed E-state index contributed by atoms with van der Waals surface area (Å²) in [5.41, 5.74) is 0. The number of methoxy groups -OCH3 is 1. The SMILES string of the molecule is CCCCC(CC)C(=O)N1CC(O)CC1C(=O)OC. The predicted molar refractivity (Wildman–Crippen MR) is 71.4 cm³/mol. The van der Waals surface area contributed by atoms with E-state index < -0.39 is 18.1 Å². The molecule has 1 rings (SSSR count). The van der Waals surface area contributed by atoms with Gasteiger partial charge in [0.2, 0.25) is 5.91 Å². The number of carbonyl (C=O) groups excluding carboxylic acids is 2. The Kier molecular flexibility index (Phi) is 6.28. The lowest BCUT2D eigenvalue weighted by molar-refractivity contribution is -0.152. The number of likely N-dealkylation sites (tertiary alicyclic amines) is 1. The minimum atomic E-state index is -0.628. The molecule has 5 heteroatoms. The van der Waals surface area contributed by atoms with Crippen molar-refractivity contribution in [2.45, 2.75) is 58.1 Å². The first-order valence-corrected chi connectivity index (χ1v) is 7.11. The molecule has 0 aromatic heterocycles. The van der Waals surface area contributed by atoms with Crippen LogP contribution in [0.5, 0.6) is 0 Å². The molecule has 0 saturated carbocycles. The number of esters is 1. The molecule has 1 aliphatic rings. The molecule has 0 aromatic carbocycles. The summed E-state index contributed by atoms with van der Waals surface area (Å²) in [5.74, 6) is -0.518. The summed E-state index contributed by atoms with van der Waals surface area (Å²) in [6.45, 7) is 4.31. The standard InChI is InChI=1S/C14H25NO4/c1-4-6-7-10(5-2)13(17)15-9-11(16)8-12(15)14(18)19-3/h10-12,16H,4-9H2,1-3H3. The van der Waals surface area contributed by atoms with Crippen molar-refractivity contribution in [2.24, 2.45) is 5.92 Å². The van der Waals surface area contributed by atoms with Crippen molar-refractivity contribution in [2.75, 3.05) is 13.7 Å². The molecular weight excluding hydrogens is 246 g/mol. The normalized spacial score (nSPS) is 24.3. The van der Waals surface area contributed by atoms with E-state index in [1.54, 1.807) is 0 Å². The van der Waals surface area contributed by atoms with Gasteiger partial charge in [-0.15, -0.1) is 0 Å². The maximum absolute atomic E-state index is 12.5. The highest BCUT2D eigenvalue weighted by atomic mass is 16.5. The van der Waals surface area contributed by atoms with Crippen molar-refractivity contribution in [1.82, 2.24) is 4.90 Å². The van der Waals surface area contributed by atoms with Crippen molar-refractivity contribution < 1.29 is 19.4 Å². The summed E-state index contributed by atoms with van der Waals surface area (Å²) in [6.07, 6.45) is 3.31. The van der Waals surface area contributed by atoms with Gasteiger partial charge in [-0.25, -0.2) is 4.79 Å². The molecule has 3 unspecified atom stereocenters. The van der Waals surface area contributed by atoms with Crippen LogP contribution in [-0.4, -0.2) is 47.7 Å². The Morgan fingerprint density at radius 3 is 2.63 bits per heavy atom. The molecular formula is C14H25NO4. The Balaban J connectivity index is 2.74. The van der Waals surface area contributed by atoms with Gasteiger partial charge in [0.25, 0.3) is 0 Å². The monoisotopic (exact) mass is 271 g/mol. The number of amides is 1. The lowest BCUT2D eigenvalue weighted by Gasteiger charge is -2.26. The maximum Gasteiger partial charge on any atom is 0.328 e. The average Bonchev–Trinajstić information content (AvgIpc) is 2.80. The van der Waals surface area contributed by atoms with Crippen LogP contribution < -0.4 is 0 Å². The molecule has 19 heavy (non-hydrogen) atoms. The molecule has 5 nitrogen and oxygen atoms in total. The van der Waals surface area contributed by atoms with Gasteiger partial charge < -0.3 is 14.7 Å². The van der Waals surface area contributed by atoms with Gasteiger partial charge in [-0.2, -0.15) is 0 Å². The molecule has 1 aliphatic heterocycles. The number of ether oxygens (including phenoxy) is 1. The van der Waals surface area contributed by atoms with Crippen LogP contribution in [0.2, 0.25) is 0 Å². The van der Waals surface area contributed by atoms with Crippen LogP contribution in [0.4, 0.5) is 0 Å². The van der Waals surface area contributed by atoms with E-state index in [0.717, 1.165) is 25.7 Å². The number of unbranched alkanes of at least 4 members (excludes halogenated alkanes) is 1. The van der Waals surface area contributed by atoms with Crippen LogP contribution in [0.25, 0.3) is 0 Å². The van der Waals surface area contributed by atoms with Crippen molar-refractivity contribution in [1.29, 1.82) is 0 Å². The number of hydrogen-bond donors (Lipinski definition) is 1. The number of aliphatic hydroxyl groups is 1. The number of aliphatic hydroxyl groups excluding tert-OH is 1. The zero-order valence-corrected chi connectivity index (χ0v) is 12.1. The van der Waals surface area contributed by atoms with Crippen LogP contribution in [-0.2, 0) is 14.3 Å². The van der Waals surface area contributed by atoms with Crippen LogP contribution in [0, 0.1) is 5.92 Å². The van der Waals surface area contributed by atoms with Crippen LogP contribution in [0.1, 0.15) is 46.0 Å². The summed E-state index contributed by atoms with van der Waals surface area (Å²) in [4.78, 5) is 25.6. The first-order chi connectivity index (χ1) is 9.04. The highest BCUT2D eigenvalue weighted by Gasteiger charge is 2.41. The smallest absolute Gasteiger partial charge is 0.328 e. The number of β-amino-alcohol motifs (C(OH)–C–C–N with tert-alkyl or cyclic N) is 1. The van der Waals surface area contributed by atoms with E-state index in [2.05, 4.69) is 6.92 Å². The van der Waals surface area contributed by atoms with Gasteiger partial charge in [0.1, 0.15) is 6.04 Å². The summed E-state index contributed by atoms with van der Waals surface area (Å²) >= 11 is 0. The average molecular weight is 271 g/mol. The van der Waals surface area contributed by atoms with Gasteiger partial charge in [0, 0.05) is 18.9 Å². The number of rotatable bonds is 6. The topological polar surface area (TPSA) is 66.8 Å². The van der Waals surface area contributed by atoms with E-state index in [4.69, 9.17) is 4.74 Å². The van der Waals surface area contributed by atoms with Crippen LogP contribution >= 0.6 is 0 Å². The van der Waals surface area contributed by atoms with Gasteiger partial charge in [-0.05, 0) is 12.8 Å². The Bertz CT molecular complexity index is 319. The zero-order valence-electron chi connectivity index (χ0n) is 12.1. The Morgan fingerprint density at radius 2 is 2.11 bits per heavy atom. The van der Waals surface area contributed by atoms with E-state index in [1.807, 2.05) is 6.92 Å². The minimum Gasteiger partial charge on any atom is -0.467 e. The highest BCUT2D eigenvalue weighted by Crippen LogP contribution is 2.24. The lowest BCUT2D eigenvalue weighted by Crippen LogP contribution is -2.44. The molecule has 0 bridgehead atoms. The second kappa shape index (κ2) is 7.48. The summed E-state index contributed by atoms with van der Waals surface area (Å²) in [5, 5.41) is 9.69. The fourth-order valence-corrected chi connectivity index (χ4v) is 2.60. The Hall–Kier alpha value is -1.10. The van der Waals surface area contributed by atoms with E-state index in [-0.39, 0.29) is 24.8 Å². The molecule has 1 heterocycles. The number of carbonyl (C=O) groups is 2. The van der Waals surface area contributed by atoms with Crippen molar-refractivity contribution >= 4 is 11.9 Å². The molecule has 1 saturated heterocycles. The molecule has 1 fully saturated rings. The molecule has 0 radical (unpaired) electrons. The maximum atomic E-state index is 12.5. The van der Waals surface area contributed by atoms with Crippen molar-refractivity contribution in [3.05, 3.63) is 0 Å². The first kappa shape index (κ1) is 16.0. The van der Waals surface area contributed by atoms with Crippen molar-refractivity contribution in [3.8, 4) is 0 Å². The van der Waals surface area contributed by atoms with Gasteiger partial charge in [0.15, 0.2) is 0 Å². The highest BCUT2D eigenvalue weighted by molar-refractivity contribution is 5.86. The van der Waals surface area contributed by atoms with Crippen molar-refractivity contribution in [3.63, 3.8) is 0 Å². The van der Waals surface area contributed by atoms with E-state index >= 15 is 0 Å². The van der Waals surface area contributed by atoms with Gasteiger partial charge in [-0.1, -0.05) is 26.7 Å². The first-order valence-electron chi connectivity index (χ1n) is 7.11. The summed E-state index contributed by atoms with van der Waals surface area (Å²) < 4.78 is 4.71. The quantitative estimate of drug-likeness (QED) is 0.740. The van der Waals surface area contributed by atoms with E-state index in [0.29, 0.717) is 0 Å². The van der Waals surface area contributed by atoms with Crippen LogP contribution in [0.15, 0.2) is 0 Å². The second-order valence-electron chi connectivity index (χ2n) is 5.17. The van der Waals surface area contributed by atoms with E-state index in [1.165, 1.54) is 12.0 Å². The fraction of sp³-hybridized carbons (Fsp3) is 0.857. The third-order valence-corrected chi connectivity index (χ3v) is 3.78. The third-order valence-electron chi connectivity index (χ3n) is 3.78. The molecule has 1 N–H and O–H groups in total. The number of hydrogen-bond acceptors (Lipinski definition) is 4. The second-order valence-corrected chi connectivity index (χ2v) is 5.17. The molecule has 1 amide bonds. The lowest BCUT2D eigenvalue weighted by atomic mass is 9.97. The molecule has 110 valence electrons. The number of nitrogens with zero attached hydrogens (tertiary/aromatic N) is 1. The largest absolute Gasteiger partial charge is 0.467 e. The molecule has 3 atom stereocenters. The zero-order chi connectivity index (χ0) is 14.4. The van der Waals surface area contributed by atoms with E-state index in [9.17, 15) is 14.7 Å². The van der Waals surface area contributed by atoms with Gasteiger partial charge in [0.05, 0.1) is 13.2 Å². The summed E-state index contributed by atoms with van der Waals surface area (Å²) in [7, 11) is 1.31. The molecule has 0 aliphatic carbocycles. The van der Waals surface area contributed by atoms with Gasteiger partial charge in [-0.3, -0.25) is 4.79 Å². The predicted octanol–water partition coefficient (Wildman–Crippen LogP) is 1.34. The minimum absolute atomic E-state index is 0.0251. The molecule has 0 aromatic rings. The Morgan fingerprint density at radius 1 is 1.42 bits per heavy atom. The third kappa shape index (κ3) is 3.93. The summed E-state index contributed by atoms with van der Waals surface area (Å²) in [6, 6.07) is -0.622. The fourth-order valence-electron chi connectivity index (χ4n) is 2.60. The van der Waals surface area contributed by atoms with Gasteiger partial charge >= 0.3 is 5.97 Å².